The number of anilines is 2. The highest BCUT2D eigenvalue weighted by molar-refractivity contribution is 7.17. The Labute approximate surface area is 207 Å². The number of methoxy groups -OCH3 is 1. The van der Waals surface area contributed by atoms with Crippen LogP contribution in [0.3, 0.4) is 0 Å². The van der Waals surface area contributed by atoms with E-state index in [2.05, 4.69) is 10.2 Å². The summed E-state index contributed by atoms with van der Waals surface area (Å²) in [6.45, 7) is 4.59. The van der Waals surface area contributed by atoms with Crippen LogP contribution in [-0.2, 0) is 9.53 Å². The first-order valence-electron chi connectivity index (χ1n) is 10.7. The maximum absolute atomic E-state index is 13.0. The molecule has 174 valence electrons. The first kappa shape index (κ1) is 23.8. The lowest BCUT2D eigenvalue weighted by molar-refractivity contribution is -0.112. The monoisotopic (exact) mass is 494 g/mol. The Morgan fingerprint density at radius 1 is 1.29 bits per heavy atom. The first-order valence-corrected chi connectivity index (χ1v) is 11.9. The van der Waals surface area contributed by atoms with Gasteiger partial charge in [-0.25, -0.2) is 4.98 Å². The second-order valence-electron chi connectivity index (χ2n) is 7.60. The zero-order valence-corrected chi connectivity index (χ0v) is 20.4. The van der Waals surface area contributed by atoms with Gasteiger partial charge in [0.1, 0.15) is 17.4 Å². The van der Waals surface area contributed by atoms with Crippen molar-refractivity contribution in [2.24, 2.45) is 0 Å². The molecule has 9 heteroatoms. The summed E-state index contributed by atoms with van der Waals surface area (Å²) in [6, 6.07) is 15.1. The highest BCUT2D eigenvalue weighted by atomic mass is 35.5. The zero-order chi connectivity index (χ0) is 24.1. The summed E-state index contributed by atoms with van der Waals surface area (Å²) < 4.78 is 10.8. The molecule has 1 N–H and O–H groups in total. The minimum Gasteiger partial charge on any atom is -0.495 e. The molecular formula is C25H23ClN4O3S. The first-order chi connectivity index (χ1) is 16.5. The number of hydrogen-bond acceptors (Lipinski definition) is 7. The van der Waals surface area contributed by atoms with E-state index in [9.17, 15) is 10.1 Å². The van der Waals surface area contributed by atoms with Crippen LogP contribution in [-0.4, -0.2) is 44.3 Å². The molecule has 3 aromatic rings. The van der Waals surface area contributed by atoms with E-state index in [1.165, 1.54) is 18.4 Å². The molecule has 0 unspecified atom stereocenters. The van der Waals surface area contributed by atoms with Gasteiger partial charge in [-0.05, 0) is 24.6 Å². The molecule has 0 spiro atoms. The predicted molar refractivity (Wildman–Crippen MR) is 136 cm³/mol. The number of morpholine rings is 1. The van der Waals surface area contributed by atoms with Crippen LogP contribution < -0.4 is 15.0 Å². The number of nitrogens with zero attached hydrogens (tertiary/aromatic N) is 3. The molecule has 2 heterocycles. The van der Waals surface area contributed by atoms with E-state index < -0.39 is 5.91 Å². The number of aryl methyl sites for hydroxylation is 1. The number of nitrogens with one attached hydrogen (secondary N) is 1. The summed E-state index contributed by atoms with van der Waals surface area (Å²) in [7, 11) is 1.49. The van der Waals surface area contributed by atoms with Crippen molar-refractivity contribution in [1.82, 2.24) is 4.98 Å². The van der Waals surface area contributed by atoms with Crippen LogP contribution in [0.4, 0.5) is 10.8 Å². The number of amides is 1. The van der Waals surface area contributed by atoms with E-state index in [1.807, 2.05) is 43.3 Å². The Morgan fingerprint density at radius 2 is 2.03 bits per heavy atom. The summed E-state index contributed by atoms with van der Waals surface area (Å²) >= 11 is 7.62. The summed E-state index contributed by atoms with van der Waals surface area (Å²) in [5, 5.41) is 13.9. The fraction of sp³-hybridized carbons (Fsp3) is 0.240. The lowest BCUT2D eigenvalue weighted by Gasteiger charge is -2.26. The molecule has 1 aliphatic heterocycles. The minimum absolute atomic E-state index is 0.0379. The van der Waals surface area contributed by atoms with Crippen molar-refractivity contribution >= 4 is 45.7 Å². The maximum Gasteiger partial charge on any atom is 0.266 e. The molecule has 0 saturated carbocycles. The number of halogens is 1. The molecular weight excluding hydrogens is 472 g/mol. The van der Waals surface area contributed by atoms with Crippen LogP contribution in [0.1, 0.15) is 10.4 Å². The molecule has 1 aliphatic rings. The van der Waals surface area contributed by atoms with E-state index in [4.69, 9.17) is 26.1 Å². The Balaban J connectivity index is 1.69. The lowest BCUT2D eigenvalue weighted by atomic mass is 10.1. The van der Waals surface area contributed by atoms with E-state index in [0.717, 1.165) is 39.9 Å². The van der Waals surface area contributed by atoms with Gasteiger partial charge in [0.2, 0.25) is 0 Å². The molecule has 7 nitrogen and oxygen atoms in total. The fourth-order valence-corrected chi connectivity index (χ4v) is 4.75. The van der Waals surface area contributed by atoms with Crippen molar-refractivity contribution in [3.05, 3.63) is 63.5 Å². The highest BCUT2D eigenvalue weighted by Gasteiger charge is 2.21. The maximum atomic E-state index is 13.0. The summed E-state index contributed by atoms with van der Waals surface area (Å²) in [5.41, 5.74) is 2.83. The van der Waals surface area contributed by atoms with Crippen LogP contribution in [0.2, 0.25) is 5.02 Å². The van der Waals surface area contributed by atoms with Gasteiger partial charge in [-0.3, -0.25) is 4.79 Å². The summed E-state index contributed by atoms with van der Waals surface area (Å²) in [6.07, 6.45) is 1.59. The third-order valence-electron chi connectivity index (χ3n) is 5.34. The normalized spacial score (nSPS) is 13.9. The van der Waals surface area contributed by atoms with Crippen LogP contribution in [0.15, 0.2) is 48.0 Å². The number of nitriles is 1. The Kier molecular flexibility index (Phi) is 7.48. The van der Waals surface area contributed by atoms with Crippen molar-refractivity contribution in [2.45, 2.75) is 6.92 Å². The molecule has 34 heavy (non-hydrogen) atoms. The Hall–Kier alpha value is -3.38. The number of thiazole rings is 1. The Morgan fingerprint density at radius 3 is 2.71 bits per heavy atom. The number of ether oxygens (including phenoxy) is 2. The van der Waals surface area contributed by atoms with Crippen molar-refractivity contribution in [3.8, 4) is 23.1 Å². The number of carbonyl (C=O) groups excluding carboxylic acids is 1. The summed E-state index contributed by atoms with van der Waals surface area (Å²) in [5.74, 6) is -0.124. The predicted octanol–water partition coefficient (Wildman–Crippen LogP) is 5.16. The van der Waals surface area contributed by atoms with Crippen LogP contribution in [0.25, 0.3) is 17.3 Å². The largest absolute Gasteiger partial charge is 0.495 e. The topological polar surface area (TPSA) is 87.5 Å². The molecule has 1 fully saturated rings. The zero-order valence-electron chi connectivity index (χ0n) is 18.8. The standard InChI is InChI=1S/C25H23ClN4O3S/c1-16-12-20(21(32-2)14-19(16)26)28-24(31)18(15-27)13-22-23(17-6-4-3-5-7-17)29-25(34-22)30-8-10-33-11-9-30/h3-7,12-14H,8-11H2,1-2H3,(H,28,31). The SMILES string of the molecule is COc1cc(Cl)c(C)cc1NC(=O)C(C#N)=Cc1sc(N2CCOCC2)nc1-c1ccccc1. The molecule has 1 aromatic heterocycles. The minimum atomic E-state index is -0.539. The van der Waals surface area contributed by atoms with Crippen LogP contribution in [0, 0.1) is 18.3 Å². The average molecular weight is 495 g/mol. The number of hydrogen-bond donors (Lipinski definition) is 1. The van der Waals surface area contributed by atoms with Crippen LogP contribution >= 0.6 is 22.9 Å². The second-order valence-corrected chi connectivity index (χ2v) is 9.02. The molecule has 2 aromatic carbocycles. The Bertz CT molecular complexity index is 1260. The van der Waals surface area contributed by atoms with Gasteiger partial charge in [0.25, 0.3) is 5.91 Å². The summed E-state index contributed by atoms with van der Waals surface area (Å²) in [4.78, 5) is 20.8. The van der Waals surface area contributed by atoms with Gasteiger partial charge in [0.15, 0.2) is 5.13 Å². The number of aromatic nitrogens is 1. The average Bonchev–Trinajstić information content (AvgIpc) is 3.29. The van der Waals surface area contributed by atoms with E-state index in [1.54, 1.807) is 18.2 Å². The highest BCUT2D eigenvalue weighted by Crippen LogP contribution is 2.36. The molecule has 1 amide bonds. The molecule has 0 radical (unpaired) electrons. The van der Waals surface area contributed by atoms with Gasteiger partial charge in [-0.2, -0.15) is 5.26 Å². The molecule has 0 atom stereocenters. The van der Waals surface area contributed by atoms with Gasteiger partial charge in [0.05, 0.1) is 36.6 Å². The van der Waals surface area contributed by atoms with Gasteiger partial charge >= 0.3 is 0 Å². The smallest absolute Gasteiger partial charge is 0.266 e. The van der Waals surface area contributed by atoms with E-state index in [-0.39, 0.29) is 5.57 Å². The number of benzene rings is 2. The van der Waals surface area contributed by atoms with Crippen molar-refractivity contribution < 1.29 is 14.3 Å². The third-order valence-corrected chi connectivity index (χ3v) is 6.81. The molecule has 4 rings (SSSR count). The van der Waals surface area contributed by atoms with E-state index in [0.29, 0.717) is 29.7 Å². The van der Waals surface area contributed by atoms with Gasteiger partial charge in [-0.15, -0.1) is 0 Å². The molecule has 1 saturated heterocycles. The van der Waals surface area contributed by atoms with Crippen LogP contribution in [0.5, 0.6) is 5.75 Å². The third kappa shape index (κ3) is 5.23. The van der Waals surface area contributed by atoms with Crippen molar-refractivity contribution in [3.63, 3.8) is 0 Å². The quantitative estimate of drug-likeness (QED) is 0.376. The number of rotatable bonds is 6. The van der Waals surface area contributed by atoms with Crippen molar-refractivity contribution in [1.29, 1.82) is 5.26 Å². The van der Waals surface area contributed by atoms with Crippen molar-refractivity contribution in [2.75, 3.05) is 43.6 Å². The fourth-order valence-electron chi connectivity index (χ4n) is 3.51. The second kappa shape index (κ2) is 10.7. The lowest BCUT2D eigenvalue weighted by Crippen LogP contribution is -2.36. The number of carbonyl (C=O) groups is 1. The van der Waals surface area contributed by atoms with E-state index >= 15 is 0 Å². The van der Waals surface area contributed by atoms with Gasteiger partial charge in [-0.1, -0.05) is 53.3 Å². The molecule has 0 bridgehead atoms. The van der Waals surface area contributed by atoms with Gasteiger partial charge in [0, 0.05) is 29.7 Å². The molecule has 0 aliphatic carbocycles. The van der Waals surface area contributed by atoms with Gasteiger partial charge < -0.3 is 19.7 Å².